The Morgan fingerprint density at radius 3 is 2.51 bits per heavy atom. The van der Waals surface area contributed by atoms with Crippen molar-refractivity contribution in [1.29, 1.82) is 0 Å². The van der Waals surface area contributed by atoms with Crippen LogP contribution in [0, 0.1) is 0 Å². The van der Waals surface area contributed by atoms with E-state index >= 15 is 0 Å². The van der Waals surface area contributed by atoms with Crippen molar-refractivity contribution in [2.75, 3.05) is 40.0 Å². The largest absolute Gasteiger partial charge is 0.497 e. The Bertz CT molecular complexity index is 1240. The molecule has 0 bridgehead atoms. The third kappa shape index (κ3) is 5.72. The molecule has 208 valence electrons. The summed E-state index contributed by atoms with van der Waals surface area (Å²) < 4.78 is 17.2. The number of hydrogen-bond donors (Lipinski definition) is 1. The molecule has 0 unspecified atom stereocenters. The van der Waals surface area contributed by atoms with Crippen molar-refractivity contribution in [3.8, 4) is 5.75 Å². The van der Waals surface area contributed by atoms with Crippen LogP contribution in [-0.2, 0) is 14.3 Å². The lowest BCUT2D eigenvalue weighted by Crippen LogP contribution is -2.60. The molecule has 3 amide bonds. The fraction of sp³-hybridized carbons (Fsp3) is 0.464. The number of benzene rings is 2. The number of piperidine rings is 1. The number of amides is 3. The Balaban J connectivity index is 1.36. The molecule has 11 heteroatoms. The minimum Gasteiger partial charge on any atom is -0.497 e. The van der Waals surface area contributed by atoms with Gasteiger partial charge in [-0.25, -0.2) is 0 Å². The second-order valence-corrected chi connectivity index (χ2v) is 10.8. The minimum absolute atomic E-state index is 0.0246. The van der Waals surface area contributed by atoms with Crippen LogP contribution in [0.2, 0.25) is 10.0 Å². The molecule has 2 aromatic rings. The van der Waals surface area contributed by atoms with Crippen molar-refractivity contribution in [1.82, 2.24) is 15.1 Å². The number of carbonyl (C=O) groups is 3. The number of likely N-dealkylation sites (tertiary alicyclic amines) is 1. The lowest BCUT2D eigenvalue weighted by Gasteiger charge is -2.44. The molecule has 0 saturated carbocycles. The number of nitrogens with one attached hydrogen (secondary N) is 1. The molecule has 2 aromatic carbocycles. The van der Waals surface area contributed by atoms with E-state index in [-0.39, 0.29) is 30.4 Å². The first-order chi connectivity index (χ1) is 18.8. The normalized spacial score (nSPS) is 22.2. The first-order valence-corrected chi connectivity index (χ1v) is 13.8. The van der Waals surface area contributed by atoms with Crippen LogP contribution in [0.1, 0.15) is 46.4 Å². The van der Waals surface area contributed by atoms with E-state index < -0.39 is 11.8 Å². The Morgan fingerprint density at radius 2 is 1.82 bits per heavy atom. The average Bonchev–Trinajstić information content (AvgIpc) is 3.61. The average molecular weight is 576 g/mol. The van der Waals surface area contributed by atoms with Gasteiger partial charge in [0, 0.05) is 50.2 Å². The molecule has 3 aliphatic heterocycles. The quantitative estimate of drug-likeness (QED) is 0.563. The van der Waals surface area contributed by atoms with Gasteiger partial charge < -0.3 is 24.4 Å². The van der Waals surface area contributed by atoms with Crippen molar-refractivity contribution in [3.63, 3.8) is 0 Å². The fourth-order valence-corrected chi connectivity index (χ4v) is 5.77. The van der Waals surface area contributed by atoms with Crippen LogP contribution in [0.5, 0.6) is 5.75 Å². The zero-order chi connectivity index (χ0) is 27.6. The van der Waals surface area contributed by atoms with Gasteiger partial charge in [0.2, 0.25) is 5.91 Å². The maximum atomic E-state index is 13.9. The molecular formula is C28H31Cl2N3O6. The lowest BCUT2D eigenvalue weighted by molar-refractivity contribution is -0.128. The standard InChI is InChI=1S/C28H31Cl2N3O6/c1-37-20-5-2-4-18(14-20)27(36)33-24(25(34)31-16-21-6-3-13-38-21)17-39-28(33)9-11-32(12-10-28)26(35)19-7-8-22(29)23(30)15-19/h2,4-5,7-8,14-15,21,24H,3,6,9-13,16-17H2,1H3,(H,31,34)/t21-,24-/m0/s1. The van der Waals surface area contributed by atoms with Crippen LogP contribution in [-0.4, -0.2) is 85.3 Å². The van der Waals surface area contributed by atoms with Crippen molar-refractivity contribution >= 4 is 40.9 Å². The van der Waals surface area contributed by atoms with Crippen molar-refractivity contribution in [3.05, 3.63) is 63.6 Å². The van der Waals surface area contributed by atoms with E-state index in [0.29, 0.717) is 66.0 Å². The molecule has 3 fully saturated rings. The summed E-state index contributed by atoms with van der Waals surface area (Å²) in [6.07, 6.45) is 2.54. The molecule has 3 saturated heterocycles. The predicted octanol–water partition coefficient (Wildman–Crippen LogP) is 3.77. The Morgan fingerprint density at radius 1 is 1.05 bits per heavy atom. The summed E-state index contributed by atoms with van der Waals surface area (Å²) >= 11 is 12.1. The van der Waals surface area contributed by atoms with E-state index in [0.717, 1.165) is 12.8 Å². The van der Waals surface area contributed by atoms with Gasteiger partial charge in [-0.1, -0.05) is 29.3 Å². The van der Waals surface area contributed by atoms with Crippen LogP contribution in [0.4, 0.5) is 0 Å². The smallest absolute Gasteiger partial charge is 0.257 e. The van der Waals surface area contributed by atoms with Gasteiger partial charge in [-0.05, 0) is 49.2 Å². The van der Waals surface area contributed by atoms with E-state index in [1.54, 1.807) is 52.3 Å². The van der Waals surface area contributed by atoms with Crippen LogP contribution in [0.25, 0.3) is 0 Å². The highest BCUT2D eigenvalue weighted by molar-refractivity contribution is 6.42. The highest BCUT2D eigenvalue weighted by Crippen LogP contribution is 2.39. The van der Waals surface area contributed by atoms with Crippen LogP contribution in [0.15, 0.2) is 42.5 Å². The van der Waals surface area contributed by atoms with Crippen molar-refractivity contribution in [2.45, 2.75) is 43.6 Å². The molecule has 0 aromatic heterocycles. The van der Waals surface area contributed by atoms with Gasteiger partial charge in [-0.3, -0.25) is 19.3 Å². The number of hydrogen-bond acceptors (Lipinski definition) is 6. The Labute approximate surface area is 237 Å². The maximum absolute atomic E-state index is 13.9. The molecule has 3 aliphatic rings. The number of carbonyl (C=O) groups excluding carboxylic acids is 3. The first-order valence-electron chi connectivity index (χ1n) is 13.1. The van der Waals surface area contributed by atoms with Crippen LogP contribution in [0.3, 0.4) is 0 Å². The molecule has 3 heterocycles. The molecular weight excluding hydrogens is 545 g/mol. The highest BCUT2D eigenvalue weighted by atomic mass is 35.5. The summed E-state index contributed by atoms with van der Waals surface area (Å²) in [4.78, 5) is 43.7. The number of halogens is 2. The minimum atomic E-state index is -1.03. The summed E-state index contributed by atoms with van der Waals surface area (Å²) in [6, 6.07) is 10.8. The summed E-state index contributed by atoms with van der Waals surface area (Å²) in [7, 11) is 1.53. The molecule has 39 heavy (non-hydrogen) atoms. The van der Waals surface area contributed by atoms with Gasteiger partial charge in [0.1, 0.15) is 17.5 Å². The topological polar surface area (TPSA) is 97.4 Å². The molecule has 5 rings (SSSR count). The van der Waals surface area contributed by atoms with Crippen LogP contribution >= 0.6 is 23.2 Å². The maximum Gasteiger partial charge on any atom is 0.257 e. The van der Waals surface area contributed by atoms with Gasteiger partial charge in [0.05, 0.1) is 29.9 Å². The van der Waals surface area contributed by atoms with Crippen molar-refractivity contribution in [2.24, 2.45) is 0 Å². The second-order valence-electron chi connectivity index (χ2n) is 9.98. The predicted molar refractivity (Wildman–Crippen MR) is 145 cm³/mol. The van der Waals surface area contributed by atoms with Gasteiger partial charge in [-0.2, -0.15) is 0 Å². The Kier molecular flexibility index (Phi) is 8.32. The summed E-state index contributed by atoms with van der Waals surface area (Å²) in [5.41, 5.74) is -0.200. The van der Waals surface area contributed by atoms with Gasteiger partial charge in [0.15, 0.2) is 0 Å². The highest BCUT2D eigenvalue weighted by Gasteiger charge is 2.54. The zero-order valence-corrected chi connectivity index (χ0v) is 23.2. The van der Waals surface area contributed by atoms with E-state index in [2.05, 4.69) is 5.32 Å². The van der Waals surface area contributed by atoms with Crippen molar-refractivity contribution < 1.29 is 28.6 Å². The summed E-state index contributed by atoms with van der Waals surface area (Å²) in [5.74, 6) is -0.254. The SMILES string of the molecule is COc1cccc(C(=O)N2[C@H](C(=O)NC[C@@H]3CCCO3)COC23CCN(C(=O)c2ccc(Cl)c(Cl)c2)CC3)c1. The zero-order valence-electron chi connectivity index (χ0n) is 21.7. The number of rotatable bonds is 6. The number of ether oxygens (including phenoxy) is 3. The number of nitrogens with zero attached hydrogens (tertiary/aromatic N) is 2. The molecule has 9 nitrogen and oxygen atoms in total. The third-order valence-corrected chi connectivity index (χ3v) is 8.36. The number of methoxy groups -OCH3 is 1. The van der Waals surface area contributed by atoms with Gasteiger partial charge in [-0.15, -0.1) is 0 Å². The van der Waals surface area contributed by atoms with Crippen LogP contribution < -0.4 is 10.1 Å². The van der Waals surface area contributed by atoms with Gasteiger partial charge >= 0.3 is 0 Å². The second kappa shape index (κ2) is 11.7. The molecule has 2 atom stereocenters. The van der Waals surface area contributed by atoms with E-state index in [1.807, 2.05) is 0 Å². The Hall–Kier alpha value is -2.85. The molecule has 1 spiro atoms. The summed E-state index contributed by atoms with van der Waals surface area (Å²) in [5, 5.41) is 3.64. The van der Waals surface area contributed by atoms with E-state index in [4.69, 9.17) is 37.4 Å². The molecule has 0 aliphatic carbocycles. The fourth-order valence-electron chi connectivity index (χ4n) is 5.47. The third-order valence-electron chi connectivity index (χ3n) is 7.63. The molecule has 1 N–H and O–H groups in total. The van der Waals surface area contributed by atoms with E-state index in [9.17, 15) is 14.4 Å². The summed E-state index contributed by atoms with van der Waals surface area (Å²) in [6.45, 7) is 1.81. The lowest BCUT2D eigenvalue weighted by atomic mass is 9.96. The first kappa shape index (κ1) is 27.7. The molecule has 0 radical (unpaired) electrons. The van der Waals surface area contributed by atoms with Gasteiger partial charge in [0.25, 0.3) is 11.8 Å². The van der Waals surface area contributed by atoms with E-state index in [1.165, 1.54) is 7.11 Å². The monoisotopic (exact) mass is 575 g/mol.